The van der Waals surface area contributed by atoms with Crippen molar-refractivity contribution in [2.45, 2.75) is 30.9 Å². The minimum absolute atomic E-state index is 0.143. The molecule has 3 nitrogen and oxygen atoms in total. The van der Waals surface area contributed by atoms with Gasteiger partial charge in [0.15, 0.2) is 0 Å². The van der Waals surface area contributed by atoms with Gasteiger partial charge in [-0.05, 0) is 25.8 Å². The summed E-state index contributed by atoms with van der Waals surface area (Å²) < 4.78 is 5.23. The van der Waals surface area contributed by atoms with Gasteiger partial charge in [-0.15, -0.1) is 6.58 Å². The molecular weight excluding hydrogens is 164 g/mol. The van der Waals surface area contributed by atoms with E-state index in [4.69, 9.17) is 10.5 Å². The zero-order chi connectivity index (χ0) is 9.73. The fourth-order valence-corrected chi connectivity index (χ4v) is 1.80. The second kappa shape index (κ2) is 4.74. The molecule has 13 heavy (non-hydrogen) atoms. The predicted octanol–water partition coefficient (Wildman–Crippen LogP) is 0.658. The molecule has 76 valence electrons. The molecule has 0 saturated heterocycles. The first-order valence-corrected chi connectivity index (χ1v) is 4.85. The first kappa shape index (κ1) is 10.7. The number of rotatable bonds is 6. The van der Waals surface area contributed by atoms with E-state index in [9.17, 15) is 0 Å². The van der Waals surface area contributed by atoms with E-state index < -0.39 is 0 Å². The first-order valence-electron chi connectivity index (χ1n) is 4.85. The van der Waals surface area contributed by atoms with Crippen LogP contribution < -0.4 is 11.1 Å². The molecule has 0 atom stereocenters. The number of methoxy groups -OCH3 is 1. The summed E-state index contributed by atoms with van der Waals surface area (Å²) in [5, 5.41) is 3.47. The molecule has 0 spiro atoms. The normalized spacial score (nSPS) is 32.6. The summed E-state index contributed by atoms with van der Waals surface area (Å²) in [5.41, 5.74) is 5.87. The molecule has 1 fully saturated rings. The second-order valence-electron chi connectivity index (χ2n) is 3.75. The van der Waals surface area contributed by atoms with Crippen molar-refractivity contribution in [2.75, 3.05) is 20.2 Å². The van der Waals surface area contributed by atoms with Crippen LogP contribution in [0.3, 0.4) is 0 Å². The Bertz CT molecular complexity index is 164. The molecule has 1 aliphatic carbocycles. The minimum Gasteiger partial charge on any atom is -0.381 e. The maximum absolute atomic E-state index is 5.72. The van der Waals surface area contributed by atoms with Gasteiger partial charge >= 0.3 is 0 Å². The van der Waals surface area contributed by atoms with Gasteiger partial charge in [-0.2, -0.15) is 0 Å². The summed E-state index contributed by atoms with van der Waals surface area (Å²) in [6.07, 6.45) is 5.40. The van der Waals surface area contributed by atoms with Gasteiger partial charge in [-0.3, -0.25) is 0 Å². The van der Waals surface area contributed by atoms with Crippen LogP contribution in [-0.2, 0) is 4.74 Å². The number of ether oxygens (including phenoxy) is 1. The molecule has 1 aliphatic rings. The lowest BCUT2D eigenvalue weighted by Crippen LogP contribution is -2.62. The molecule has 0 unspecified atom stereocenters. The van der Waals surface area contributed by atoms with Crippen molar-refractivity contribution in [3.8, 4) is 0 Å². The van der Waals surface area contributed by atoms with Crippen molar-refractivity contribution in [1.29, 1.82) is 0 Å². The van der Waals surface area contributed by atoms with E-state index in [0.29, 0.717) is 12.6 Å². The standard InChI is InChI=1S/C10H20N2O/c1-3-4-5-12-10(8-11)6-9(7-10)13-2/h3,9,12H,1,4-8,11H2,2H3. The van der Waals surface area contributed by atoms with Crippen molar-refractivity contribution < 1.29 is 4.74 Å². The van der Waals surface area contributed by atoms with Crippen LogP contribution in [0.1, 0.15) is 19.3 Å². The number of nitrogens with two attached hydrogens (primary N) is 1. The van der Waals surface area contributed by atoms with E-state index in [-0.39, 0.29) is 5.54 Å². The topological polar surface area (TPSA) is 47.3 Å². The summed E-state index contributed by atoms with van der Waals surface area (Å²) >= 11 is 0. The van der Waals surface area contributed by atoms with Crippen LogP contribution in [0.2, 0.25) is 0 Å². The molecule has 0 aliphatic heterocycles. The van der Waals surface area contributed by atoms with Crippen LogP contribution in [0.4, 0.5) is 0 Å². The van der Waals surface area contributed by atoms with Gasteiger partial charge in [0.1, 0.15) is 0 Å². The second-order valence-corrected chi connectivity index (χ2v) is 3.75. The van der Waals surface area contributed by atoms with Crippen molar-refractivity contribution in [3.63, 3.8) is 0 Å². The molecule has 3 N–H and O–H groups in total. The molecule has 0 aromatic carbocycles. The highest BCUT2D eigenvalue weighted by Crippen LogP contribution is 2.33. The zero-order valence-corrected chi connectivity index (χ0v) is 8.38. The van der Waals surface area contributed by atoms with Gasteiger partial charge < -0.3 is 15.8 Å². The Labute approximate surface area is 80.3 Å². The maximum Gasteiger partial charge on any atom is 0.0607 e. The Balaban J connectivity index is 2.23. The number of hydrogen-bond donors (Lipinski definition) is 2. The van der Waals surface area contributed by atoms with Crippen molar-refractivity contribution in [3.05, 3.63) is 12.7 Å². The van der Waals surface area contributed by atoms with Crippen LogP contribution in [0, 0.1) is 0 Å². The van der Waals surface area contributed by atoms with E-state index in [1.54, 1.807) is 7.11 Å². The monoisotopic (exact) mass is 184 g/mol. The quantitative estimate of drug-likeness (QED) is 0.471. The lowest BCUT2D eigenvalue weighted by molar-refractivity contribution is -0.0261. The van der Waals surface area contributed by atoms with Gasteiger partial charge in [0, 0.05) is 19.2 Å². The SMILES string of the molecule is C=CCCNC1(CN)CC(OC)C1. The average Bonchev–Trinajstić information content (AvgIpc) is 2.09. The summed E-state index contributed by atoms with van der Waals surface area (Å²) in [6, 6.07) is 0. The van der Waals surface area contributed by atoms with Crippen molar-refractivity contribution >= 4 is 0 Å². The van der Waals surface area contributed by atoms with E-state index in [2.05, 4.69) is 11.9 Å². The molecule has 0 amide bonds. The fourth-order valence-electron chi connectivity index (χ4n) is 1.80. The molecule has 1 saturated carbocycles. The summed E-state index contributed by atoms with van der Waals surface area (Å²) in [5.74, 6) is 0. The Morgan fingerprint density at radius 3 is 2.85 bits per heavy atom. The predicted molar refractivity (Wildman–Crippen MR) is 54.6 cm³/mol. The minimum atomic E-state index is 0.143. The first-order chi connectivity index (χ1) is 6.26. The average molecular weight is 184 g/mol. The maximum atomic E-state index is 5.72. The molecule has 0 bridgehead atoms. The third-order valence-electron chi connectivity index (χ3n) is 2.81. The van der Waals surface area contributed by atoms with Crippen molar-refractivity contribution in [1.82, 2.24) is 5.32 Å². The summed E-state index contributed by atoms with van der Waals surface area (Å²) in [4.78, 5) is 0. The Morgan fingerprint density at radius 2 is 2.38 bits per heavy atom. The summed E-state index contributed by atoms with van der Waals surface area (Å²) in [7, 11) is 1.76. The van der Waals surface area contributed by atoms with E-state index in [1.807, 2.05) is 6.08 Å². The third kappa shape index (κ3) is 2.53. The third-order valence-corrected chi connectivity index (χ3v) is 2.81. The highest BCUT2D eigenvalue weighted by atomic mass is 16.5. The van der Waals surface area contributed by atoms with Crippen LogP contribution in [0.25, 0.3) is 0 Å². The largest absolute Gasteiger partial charge is 0.381 e. The van der Waals surface area contributed by atoms with Gasteiger partial charge in [-0.1, -0.05) is 6.08 Å². The summed E-state index contributed by atoms with van der Waals surface area (Å²) in [6.45, 7) is 5.35. The molecule has 0 radical (unpaired) electrons. The van der Waals surface area contributed by atoms with Crippen LogP contribution in [-0.4, -0.2) is 31.8 Å². The van der Waals surface area contributed by atoms with Crippen molar-refractivity contribution in [2.24, 2.45) is 5.73 Å². The van der Waals surface area contributed by atoms with Crippen LogP contribution >= 0.6 is 0 Å². The fraction of sp³-hybridized carbons (Fsp3) is 0.800. The van der Waals surface area contributed by atoms with E-state index >= 15 is 0 Å². The Morgan fingerprint density at radius 1 is 1.69 bits per heavy atom. The highest BCUT2D eigenvalue weighted by molar-refractivity contribution is 5.02. The molecule has 0 heterocycles. The smallest absolute Gasteiger partial charge is 0.0607 e. The van der Waals surface area contributed by atoms with Gasteiger partial charge in [0.25, 0.3) is 0 Å². The van der Waals surface area contributed by atoms with E-state index in [1.165, 1.54) is 0 Å². The number of hydrogen-bond acceptors (Lipinski definition) is 3. The molecular formula is C10H20N2O. The molecule has 0 aromatic rings. The van der Waals surface area contributed by atoms with E-state index in [0.717, 1.165) is 25.8 Å². The zero-order valence-electron chi connectivity index (χ0n) is 8.38. The number of nitrogens with one attached hydrogen (secondary N) is 1. The molecule has 3 heteroatoms. The van der Waals surface area contributed by atoms with Gasteiger partial charge in [0.2, 0.25) is 0 Å². The van der Waals surface area contributed by atoms with Crippen LogP contribution in [0.15, 0.2) is 12.7 Å². The van der Waals surface area contributed by atoms with Gasteiger partial charge in [-0.25, -0.2) is 0 Å². The molecule has 1 rings (SSSR count). The lowest BCUT2D eigenvalue weighted by atomic mass is 9.74. The van der Waals surface area contributed by atoms with Crippen LogP contribution in [0.5, 0.6) is 0 Å². The Hall–Kier alpha value is -0.380. The molecule has 0 aromatic heterocycles. The Kier molecular flexibility index (Phi) is 3.90. The lowest BCUT2D eigenvalue weighted by Gasteiger charge is -2.47. The van der Waals surface area contributed by atoms with Gasteiger partial charge in [0.05, 0.1) is 6.10 Å². The highest BCUT2D eigenvalue weighted by Gasteiger charge is 2.42.